The summed E-state index contributed by atoms with van der Waals surface area (Å²) in [6.07, 6.45) is 0. The van der Waals surface area contributed by atoms with Crippen molar-refractivity contribution in [1.82, 2.24) is 9.80 Å². The number of carbonyl (C=O) groups is 4. The number of benzene rings is 1. The summed E-state index contributed by atoms with van der Waals surface area (Å²) in [7, 11) is 0. The van der Waals surface area contributed by atoms with Crippen LogP contribution < -0.4 is 0 Å². The fourth-order valence-corrected chi connectivity index (χ4v) is 2.69. The molecule has 0 heterocycles. The minimum Gasteiger partial charge on any atom is -0.480 e. The second kappa shape index (κ2) is 10.7. The highest BCUT2D eigenvalue weighted by Crippen LogP contribution is 2.24. The SMILES string of the molecule is O=C(O)CN(CC(=O)O)CC(c1ccc([N+](=O)[O-])cc1)N(CC(=O)O)CC(=O)O. The van der Waals surface area contributed by atoms with Crippen LogP contribution in [0.15, 0.2) is 24.3 Å². The molecule has 1 atom stereocenters. The summed E-state index contributed by atoms with van der Waals surface area (Å²) < 4.78 is 0. The molecule has 0 fully saturated rings. The van der Waals surface area contributed by atoms with Gasteiger partial charge in [0.1, 0.15) is 0 Å². The Labute approximate surface area is 163 Å². The molecule has 0 bridgehead atoms. The first kappa shape index (κ1) is 23.5. The number of nitro groups is 1. The first-order chi connectivity index (χ1) is 13.5. The summed E-state index contributed by atoms with van der Waals surface area (Å²) in [6.45, 7) is -3.19. The summed E-state index contributed by atoms with van der Waals surface area (Å²) in [5.41, 5.74) is 0.00215. The highest BCUT2D eigenvalue weighted by molar-refractivity contribution is 5.73. The minimum atomic E-state index is -1.36. The van der Waals surface area contributed by atoms with E-state index in [-0.39, 0.29) is 17.8 Å². The van der Waals surface area contributed by atoms with E-state index in [1.165, 1.54) is 12.1 Å². The van der Waals surface area contributed by atoms with Crippen LogP contribution >= 0.6 is 0 Å². The van der Waals surface area contributed by atoms with Crippen LogP contribution in [0.4, 0.5) is 5.69 Å². The fraction of sp³-hybridized carbons (Fsp3) is 0.375. The predicted octanol–water partition coefficient (Wildman–Crippen LogP) is -0.422. The maximum absolute atomic E-state index is 11.2. The topological polar surface area (TPSA) is 199 Å². The average molecular weight is 413 g/mol. The van der Waals surface area contributed by atoms with E-state index >= 15 is 0 Å². The molecule has 0 amide bonds. The van der Waals surface area contributed by atoms with Crippen LogP contribution in [-0.2, 0) is 19.2 Å². The lowest BCUT2D eigenvalue weighted by molar-refractivity contribution is -0.384. The van der Waals surface area contributed by atoms with Gasteiger partial charge in [0, 0.05) is 24.7 Å². The Morgan fingerprint density at radius 2 is 1.24 bits per heavy atom. The number of carboxylic acid groups (broad SMARTS) is 4. The molecule has 0 spiro atoms. The summed E-state index contributed by atoms with van der Waals surface area (Å²) in [6, 6.07) is 3.75. The van der Waals surface area contributed by atoms with E-state index in [1.807, 2.05) is 0 Å². The van der Waals surface area contributed by atoms with Gasteiger partial charge >= 0.3 is 23.9 Å². The van der Waals surface area contributed by atoms with Crippen molar-refractivity contribution in [3.8, 4) is 0 Å². The standard InChI is InChI=1S/C16H19N3O10/c20-13(21)6-17(7-14(22)23)5-12(18(8-15(24)25)9-16(26)27)10-1-3-11(4-2-10)19(28)29/h1-4,12H,5-9H2,(H,20,21)(H,22,23)(H,24,25)(H,26,27). The van der Waals surface area contributed by atoms with E-state index in [9.17, 15) is 29.3 Å². The zero-order valence-corrected chi connectivity index (χ0v) is 15.0. The van der Waals surface area contributed by atoms with Gasteiger partial charge in [0.25, 0.3) is 5.69 Å². The molecule has 1 aromatic carbocycles. The monoisotopic (exact) mass is 413 g/mol. The number of hydrogen-bond donors (Lipinski definition) is 4. The smallest absolute Gasteiger partial charge is 0.317 e. The molecule has 0 saturated heterocycles. The first-order valence-corrected chi connectivity index (χ1v) is 8.07. The number of rotatable bonds is 13. The lowest BCUT2D eigenvalue weighted by Gasteiger charge is -2.33. The van der Waals surface area contributed by atoms with Gasteiger partial charge in [0.15, 0.2) is 0 Å². The van der Waals surface area contributed by atoms with Crippen molar-refractivity contribution in [2.45, 2.75) is 6.04 Å². The second-order valence-corrected chi connectivity index (χ2v) is 6.01. The minimum absolute atomic E-state index is 0.261. The molecule has 29 heavy (non-hydrogen) atoms. The number of nitro benzene ring substituents is 1. The van der Waals surface area contributed by atoms with E-state index < -0.39 is 61.0 Å². The molecule has 1 rings (SSSR count). The molecule has 1 aromatic rings. The van der Waals surface area contributed by atoms with Crippen molar-refractivity contribution in [3.05, 3.63) is 39.9 Å². The maximum atomic E-state index is 11.2. The number of non-ortho nitro benzene ring substituents is 1. The van der Waals surface area contributed by atoms with Gasteiger partial charge in [0.05, 0.1) is 31.1 Å². The quantitative estimate of drug-likeness (QED) is 0.241. The third kappa shape index (κ3) is 8.32. The van der Waals surface area contributed by atoms with Crippen LogP contribution in [0.1, 0.15) is 11.6 Å². The number of nitrogens with zero attached hydrogens (tertiary/aromatic N) is 3. The van der Waals surface area contributed by atoms with Gasteiger partial charge in [0.2, 0.25) is 0 Å². The van der Waals surface area contributed by atoms with Crippen LogP contribution in [0.3, 0.4) is 0 Å². The van der Waals surface area contributed by atoms with E-state index in [4.69, 9.17) is 20.4 Å². The van der Waals surface area contributed by atoms with E-state index in [0.717, 1.165) is 21.9 Å². The van der Waals surface area contributed by atoms with Crippen LogP contribution in [0, 0.1) is 10.1 Å². The van der Waals surface area contributed by atoms with Crippen molar-refractivity contribution in [3.63, 3.8) is 0 Å². The van der Waals surface area contributed by atoms with Gasteiger partial charge in [-0.2, -0.15) is 0 Å². The molecule has 0 aliphatic carbocycles. The molecule has 0 saturated carbocycles. The maximum Gasteiger partial charge on any atom is 0.317 e. The van der Waals surface area contributed by atoms with E-state index in [1.54, 1.807) is 0 Å². The Morgan fingerprint density at radius 3 is 1.59 bits per heavy atom. The van der Waals surface area contributed by atoms with Crippen molar-refractivity contribution in [2.24, 2.45) is 0 Å². The Balaban J connectivity index is 3.33. The third-order valence-corrected chi connectivity index (χ3v) is 3.76. The van der Waals surface area contributed by atoms with Gasteiger partial charge in [-0.05, 0) is 5.56 Å². The normalized spacial score (nSPS) is 11.9. The zero-order valence-electron chi connectivity index (χ0n) is 15.0. The summed E-state index contributed by atoms with van der Waals surface area (Å²) >= 11 is 0. The summed E-state index contributed by atoms with van der Waals surface area (Å²) in [5, 5.41) is 47.0. The fourth-order valence-electron chi connectivity index (χ4n) is 2.69. The molecule has 0 radical (unpaired) electrons. The molecule has 0 aliphatic heterocycles. The van der Waals surface area contributed by atoms with Gasteiger partial charge < -0.3 is 20.4 Å². The van der Waals surface area contributed by atoms with Gasteiger partial charge in [-0.15, -0.1) is 0 Å². The molecule has 158 valence electrons. The van der Waals surface area contributed by atoms with E-state index in [2.05, 4.69) is 0 Å². The molecular weight excluding hydrogens is 394 g/mol. The second-order valence-electron chi connectivity index (χ2n) is 6.01. The molecule has 4 N–H and O–H groups in total. The number of aliphatic carboxylic acids is 4. The highest BCUT2D eigenvalue weighted by Gasteiger charge is 2.28. The highest BCUT2D eigenvalue weighted by atomic mass is 16.6. The Kier molecular flexibility index (Phi) is 8.64. The molecular formula is C16H19N3O10. The molecule has 0 aliphatic rings. The molecule has 1 unspecified atom stereocenters. The van der Waals surface area contributed by atoms with Crippen LogP contribution in [-0.4, -0.2) is 91.8 Å². The average Bonchev–Trinajstić information content (AvgIpc) is 2.57. The summed E-state index contributed by atoms with van der Waals surface area (Å²) in [4.78, 5) is 56.6. The van der Waals surface area contributed by atoms with Crippen LogP contribution in [0.5, 0.6) is 0 Å². The number of carboxylic acids is 4. The first-order valence-electron chi connectivity index (χ1n) is 8.07. The van der Waals surface area contributed by atoms with Crippen molar-refractivity contribution >= 4 is 29.6 Å². The van der Waals surface area contributed by atoms with E-state index in [0.29, 0.717) is 0 Å². The largest absolute Gasteiger partial charge is 0.480 e. The lowest BCUT2D eigenvalue weighted by atomic mass is 10.0. The third-order valence-electron chi connectivity index (χ3n) is 3.76. The van der Waals surface area contributed by atoms with Crippen LogP contribution in [0.2, 0.25) is 0 Å². The van der Waals surface area contributed by atoms with Gasteiger partial charge in [-0.3, -0.25) is 39.1 Å². The molecule has 13 heteroatoms. The zero-order chi connectivity index (χ0) is 22.1. The Hall–Kier alpha value is -3.58. The van der Waals surface area contributed by atoms with Crippen molar-refractivity contribution in [1.29, 1.82) is 0 Å². The van der Waals surface area contributed by atoms with Gasteiger partial charge in [-0.1, -0.05) is 12.1 Å². The van der Waals surface area contributed by atoms with Crippen molar-refractivity contribution < 1.29 is 44.5 Å². The Bertz CT molecular complexity index is 748. The summed E-state index contributed by atoms with van der Waals surface area (Å²) in [5.74, 6) is -5.39. The number of hydrogen-bond acceptors (Lipinski definition) is 8. The lowest BCUT2D eigenvalue weighted by Crippen LogP contribution is -2.45. The van der Waals surface area contributed by atoms with Crippen LogP contribution in [0.25, 0.3) is 0 Å². The Morgan fingerprint density at radius 1 is 0.828 bits per heavy atom. The van der Waals surface area contributed by atoms with Crippen molar-refractivity contribution in [2.75, 3.05) is 32.7 Å². The molecule has 0 aromatic heterocycles. The van der Waals surface area contributed by atoms with Gasteiger partial charge in [-0.25, -0.2) is 0 Å². The molecule has 13 nitrogen and oxygen atoms in total. The predicted molar refractivity (Wildman–Crippen MR) is 94.4 cm³/mol.